The van der Waals surface area contributed by atoms with E-state index in [4.69, 9.17) is 4.43 Å². The van der Waals surface area contributed by atoms with Crippen LogP contribution in [-0.2, 0) is 10.8 Å². The van der Waals surface area contributed by atoms with Crippen molar-refractivity contribution in [1.82, 2.24) is 0 Å². The van der Waals surface area contributed by atoms with Gasteiger partial charge < -0.3 is 4.43 Å². The Labute approximate surface area is 136 Å². The number of carbonyl (C=O) groups is 1. The Balaban J connectivity index is 3.21. The molecule has 0 amide bonds. The molecule has 0 heterocycles. The maximum absolute atomic E-state index is 13.2. The fraction of sp³-hybridized carbons (Fsp3) is 0.421. The van der Waals surface area contributed by atoms with Crippen LogP contribution in [0.4, 0.5) is 0 Å². The third kappa shape index (κ3) is 5.07. The smallest absolute Gasteiger partial charge is 0.193 e. The first-order valence-electron chi connectivity index (χ1n) is 7.78. The van der Waals surface area contributed by atoms with E-state index in [0.29, 0.717) is 12.8 Å². The van der Waals surface area contributed by atoms with Crippen molar-refractivity contribution in [2.45, 2.75) is 51.4 Å². The topological polar surface area (TPSA) is 26.3 Å². The van der Waals surface area contributed by atoms with Crippen molar-refractivity contribution in [3.8, 4) is 0 Å². The molecule has 22 heavy (non-hydrogen) atoms. The molecule has 0 aliphatic carbocycles. The first-order chi connectivity index (χ1) is 10.2. The number of carbonyl (C=O) groups excluding carboxylic acids is 1. The monoisotopic (exact) mass is 316 g/mol. The Kier molecular flexibility index (Phi) is 6.51. The number of allylic oxidation sites excluding steroid dienone is 2. The second-order valence-electron chi connectivity index (χ2n) is 6.75. The largest absolute Gasteiger partial charge is 0.405 e. The summed E-state index contributed by atoms with van der Waals surface area (Å²) in [6, 6.07) is 7.73. The first kappa shape index (κ1) is 18.6. The minimum Gasteiger partial charge on any atom is -0.405 e. The second-order valence-corrected chi connectivity index (χ2v) is 11.2. The molecule has 0 saturated carbocycles. The Morgan fingerprint density at radius 2 is 1.86 bits per heavy atom. The fourth-order valence-electron chi connectivity index (χ4n) is 2.62. The molecule has 0 radical (unpaired) electrons. The molecule has 0 aromatic heterocycles. The van der Waals surface area contributed by atoms with Crippen LogP contribution in [0.1, 0.15) is 35.7 Å². The summed E-state index contributed by atoms with van der Waals surface area (Å²) in [4.78, 5) is 13.2. The van der Waals surface area contributed by atoms with Gasteiger partial charge in [-0.1, -0.05) is 36.4 Å². The molecule has 1 atom stereocenters. The maximum atomic E-state index is 13.2. The van der Waals surface area contributed by atoms with E-state index in [1.54, 1.807) is 0 Å². The predicted octanol–water partition coefficient (Wildman–Crippen LogP) is 5.17. The molecule has 0 aliphatic rings. The molecule has 2 nitrogen and oxygen atoms in total. The molecule has 1 unspecified atom stereocenters. The van der Waals surface area contributed by atoms with Crippen LogP contribution in [0.3, 0.4) is 0 Å². The van der Waals surface area contributed by atoms with E-state index in [2.05, 4.69) is 32.8 Å². The van der Waals surface area contributed by atoms with Crippen molar-refractivity contribution in [3.63, 3.8) is 0 Å². The van der Waals surface area contributed by atoms with Crippen LogP contribution in [0.5, 0.6) is 0 Å². The third-order valence-electron chi connectivity index (χ3n) is 3.46. The Hall–Kier alpha value is -1.45. The van der Waals surface area contributed by atoms with Gasteiger partial charge in [-0.3, -0.25) is 4.79 Å². The quantitative estimate of drug-likeness (QED) is 0.357. The number of hydrogen-bond acceptors (Lipinski definition) is 2. The number of benzene rings is 1. The lowest BCUT2D eigenvalue weighted by molar-refractivity contribution is 0.0456. The van der Waals surface area contributed by atoms with Gasteiger partial charge in [-0.15, -0.1) is 13.2 Å². The molecule has 3 heteroatoms. The highest BCUT2D eigenvalue weighted by molar-refractivity contribution is 6.70. The molecule has 0 spiro atoms. The van der Waals surface area contributed by atoms with Crippen LogP contribution in [-0.4, -0.2) is 19.7 Å². The van der Waals surface area contributed by atoms with Gasteiger partial charge >= 0.3 is 0 Å². The molecule has 0 saturated heterocycles. The average molecular weight is 317 g/mol. The van der Waals surface area contributed by atoms with Crippen LogP contribution in [0.25, 0.3) is 0 Å². The lowest BCUT2D eigenvalue weighted by Crippen LogP contribution is -2.46. The molecule has 1 rings (SSSR count). The van der Waals surface area contributed by atoms with Gasteiger partial charge in [0.2, 0.25) is 0 Å². The molecule has 120 valence electrons. The summed E-state index contributed by atoms with van der Waals surface area (Å²) in [6.45, 7) is 15.8. The number of Topliss-reactive ketones (excluding diaryl/α,β-unsaturated/α-hetero) is 1. The Morgan fingerprint density at radius 1 is 1.23 bits per heavy atom. The summed E-state index contributed by atoms with van der Waals surface area (Å²) in [6.07, 6.45) is 5.77. The van der Waals surface area contributed by atoms with Gasteiger partial charge in [0.25, 0.3) is 0 Å². The Morgan fingerprint density at radius 3 is 2.41 bits per heavy atom. The summed E-state index contributed by atoms with van der Waals surface area (Å²) in [5.41, 5.74) is 0.953. The zero-order valence-electron chi connectivity index (χ0n) is 14.3. The molecule has 0 bridgehead atoms. The van der Waals surface area contributed by atoms with E-state index in [1.807, 2.05) is 43.3 Å². The van der Waals surface area contributed by atoms with Crippen LogP contribution in [0.15, 0.2) is 49.6 Å². The third-order valence-corrected chi connectivity index (χ3v) is 4.53. The van der Waals surface area contributed by atoms with E-state index in [1.165, 1.54) is 0 Å². The minimum atomic E-state index is -1.85. The van der Waals surface area contributed by atoms with Crippen LogP contribution < -0.4 is 0 Å². The van der Waals surface area contributed by atoms with Gasteiger partial charge in [0.05, 0.1) is 0 Å². The van der Waals surface area contributed by atoms with Crippen LogP contribution in [0, 0.1) is 0 Å². The molecule has 1 aromatic rings. The molecule has 0 aliphatic heterocycles. The molecular weight excluding hydrogens is 288 g/mol. The van der Waals surface area contributed by atoms with Gasteiger partial charge in [0.1, 0.15) is 5.60 Å². The first-order valence-corrected chi connectivity index (χ1v) is 11.2. The maximum Gasteiger partial charge on any atom is 0.193 e. The highest BCUT2D eigenvalue weighted by Crippen LogP contribution is 2.29. The zero-order valence-corrected chi connectivity index (χ0v) is 15.3. The highest BCUT2D eigenvalue weighted by Gasteiger charge is 2.38. The lowest BCUT2D eigenvalue weighted by atomic mass is 9.87. The van der Waals surface area contributed by atoms with Crippen molar-refractivity contribution in [2.24, 2.45) is 0 Å². The molecule has 0 fully saturated rings. The van der Waals surface area contributed by atoms with Crippen molar-refractivity contribution in [1.29, 1.82) is 0 Å². The number of hydrogen-bond donors (Lipinski definition) is 0. The molecule has 0 N–H and O–H groups in total. The van der Waals surface area contributed by atoms with Crippen molar-refractivity contribution in [2.75, 3.05) is 0 Å². The fourth-order valence-corrected chi connectivity index (χ4v) is 4.17. The average Bonchev–Trinajstić information content (AvgIpc) is 2.43. The lowest BCUT2D eigenvalue weighted by Gasteiger charge is -2.35. The standard InChI is InChI=1S/C19H28O2Si/c1-7-9-15-19(3,21-22(4,5)6)18(20)17-14-11-10-13-16(17)12-8-2/h7-8,10-11,13-14H,1-2,9,12,15H2,3-6H3. The van der Waals surface area contributed by atoms with Crippen LogP contribution in [0.2, 0.25) is 19.6 Å². The summed E-state index contributed by atoms with van der Waals surface area (Å²) >= 11 is 0. The summed E-state index contributed by atoms with van der Waals surface area (Å²) < 4.78 is 6.29. The van der Waals surface area contributed by atoms with E-state index >= 15 is 0 Å². The summed E-state index contributed by atoms with van der Waals surface area (Å²) in [5.74, 6) is 0.0641. The van der Waals surface area contributed by atoms with Crippen molar-refractivity contribution in [3.05, 3.63) is 60.7 Å². The van der Waals surface area contributed by atoms with Crippen molar-refractivity contribution < 1.29 is 9.22 Å². The van der Waals surface area contributed by atoms with E-state index in [9.17, 15) is 4.79 Å². The Bertz CT molecular complexity index is 543. The molecular formula is C19H28O2Si. The van der Waals surface area contributed by atoms with Crippen LogP contribution >= 0.6 is 0 Å². The molecule has 1 aromatic carbocycles. The SMILES string of the molecule is C=CCCC(C)(O[Si](C)(C)C)C(=O)c1ccccc1CC=C. The minimum absolute atomic E-state index is 0.0641. The van der Waals surface area contributed by atoms with Gasteiger partial charge in [-0.2, -0.15) is 0 Å². The predicted molar refractivity (Wildman–Crippen MR) is 96.9 cm³/mol. The van der Waals surface area contributed by atoms with Crippen molar-refractivity contribution >= 4 is 14.1 Å². The van der Waals surface area contributed by atoms with Gasteiger partial charge in [0, 0.05) is 5.56 Å². The van der Waals surface area contributed by atoms with E-state index < -0.39 is 13.9 Å². The van der Waals surface area contributed by atoms with Gasteiger partial charge in [-0.05, 0) is 51.4 Å². The zero-order chi connectivity index (χ0) is 16.8. The van der Waals surface area contributed by atoms with Gasteiger partial charge in [0.15, 0.2) is 14.1 Å². The summed E-state index contributed by atoms with van der Waals surface area (Å²) in [5, 5.41) is 0. The van der Waals surface area contributed by atoms with E-state index in [0.717, 1.165) is 17.5 Å². The normalized spacial score (nSPS) is 14.2. The highest BCUT2D eigenvalue weighted by atomic mass is 28.4. The van der Waals surface area contributed by atoms with Gasteiger partial charge in [-0.25, -0.2) is 0 Å². The number of ketones is 1. The summed E-state index contributed by atoms with van der Waals surface area (Å²) in [7, 11) is -1.85. The second kappa shape index (κ2) is 7.70. The van der Waals surface area contributed by atoms with E-state index in [-0.39, 0.29) is 5.78 Å². The number of rotatable bonds is 9.